The minimum atomic E-state index is -0.465. The summed E-state index contributed by atoms with van der Waals surface area (Å²) in [5.41, 5.74) is 5.00. The zero-order valence-electron chi connectivity index (χ0n) is 23.3. The Bertz CT molecular complexity index is 1210. The second-order valence-electron chi connectivity index (χ2n) is 11.0. The van der Waals surface area contributed by atoms with Crippen molar-refractivity contribution in [3.05, 3.63) is 138 Å². The normalized spacial score (nSPS) is 16.9. The van der Waals surface area contributed by atoms with E-state index >= 15 is 0 Å². The predicted molar refractivity (Wildman–Crippen MR) is 173 cm³/mol. The number of nitrogens with zero attached hydrogens (tertiary/aromatic N) is 1. The molecule has 4 aromatic carbocycles. The van der Waals surface area contributed by atoms with Crippen molar-refractivity contribution in [2.45, 2.75) is 75.7 Å². The van der Waals surface area contributed by atoms with Crippen molar-refractivity contribution in [3.63, 3.8) is 0 Å². The van der Waals surface area contributed by atoms with Crippen molar-refractivity contribution >= 4 is 22.1 Å². The van der Waals surface area contributed by atoms with Crippen LogP contribution in [0.25, 0.3) is 0 Å². The lowest BCUT2D eigenvalue weighted by Gasteiger charge is -2.42. The molecule has 1 aliphatic carbocycles. The van der Waals surface area contributed by atoms with Gasteiger partial charge in [-0.15, -0.1) is 0 Å². The van der Waals surface area contributed by atoms with Crippen molar-refractivity contribution in [2.75, 3.05) is 0 Å². The highest BCUT2D eigenvalue weighted by Crippen LogP contribution is 2.58. The maximum absolute atomic E-state index is 3.03. The molecule has 0 aromatic heterocycles. The molecule has 5 rings (SSSR count). The molecule has 0 heterocycles. The van der Waals surface area contributed by atoms with Crippen LogP contribution >= 0.6 is 16.8 Å². The summed E-state index contributed by atoms with van der Waals surface area (Å²) in [4.78, 5) is 0. The number of hydrogen-bond donors (Lipinski definition) is 0. The summed E-state index contributed by atoms with van der Waals surface area (Å²) in [6.07, 6.45) is 10.4. The van der Waals surface area contributed by atoms with Crippen molar-refractivity contribution in [1.29, 1.82) is 0 Å². The molecule has 0 bridgehead atoms. The van der Waals surface area contributed by atoms with Gasteiger partial charge in [0.2, 0.25) is 0 Å². The Morgan fingerprint density at radius 1 is 0.667 bits per heavy atom. The van der Waals surface area contributed by atoms with E-state index in [1.165, 1.54) is 66.9 Å². The molecule has 1 nitrogen and oxygen atoms in total. The Kier molecular flexibility index (Phi) is 10.8. The number of hydrogen-bond acceptors (Lipinski definition) is 1. The first-order valence-corrected chi connectivity index (χ1v) is 17.3. The van der Waals surface area contributed by atoms with Crippen LogP contribution in [0.4, 0.5) is 0 Å². The fourth-order valence-electron chi connectivity index (χ4n) is 5.86. The first kappa shape index (κ1) is 28.2. The zero-order chi connectivity index (χ0) is 26.7. The van der Waals surface area contributed by atoms with Gasteiger partial charge < -0.3 is 0 Å². The Hall–Kier alpha value is -2.30. The van der Waals surface area contributed by atoms with Crippen molar-refractivity contribution in [2.24, 2.45) is 0 Å². The van der Waals surface area contributed by atoms with Gasteiger partial charge in [0.15, 0.2) is 0 Å². The average Bonchev–Trinajstić information content (AvgIpc) is 3.02. The van der Waals surface area contributed by atoms with Gasteiger partial charge in [0.1, 0.15) is 0 Å². The maximum atomic E-state index is 3.03. The molecule has 1 saturated carbocycles. The molecule has 1 aliphatic rings. The standard InChI is InChI=1S/C36H43NP2/c1-30(32-19-9-3-10-20-32)27-28-36(33-21-11-4-12-22-33)38-37(34-23-13-5-14-24-34)39(35-25-15-6-16-26-35)29-31-17-7-2-8-18-31/h2-4,6-12,15-22,25-26,30,34,36,38H,5,13-14,23-24,27-29H2,1H3/t30-,36-,39?/m1/s1. The molecule has 4 aromatic rings. The molecule has 3 heteroatoms. The summed E-state index contributed by atoms with van der Waals surface area (Å²) >= 11 is 0. The Morgan fingerprint density at radius 3 is 1.82 bits per heavy atom. The van der Waals surface area contributed by atoms with E-state index in [0.717, 1.165) is 14.9 Å². The Morgan fingerprint density at radius 2 is 1.21 bits per heavy atom. The van der Waals surface area contributed by atoms with Gasteiger partial charge in [-0.05, 0) is 62.3 Å². The van der Waals surface area contributed by atoms with E-state index < -0.39 is 8.07 Å². The van der Waals surface area contributed by atoms with Gasteiger partial charge in [0.25, 0.3) is 0 Å². The highest BCUT2D eigenvalue weighted by Gasteiger charge is 2.31. The third kappa shape index (κ3) is 8.11. The molecule has 4 atom stereocenters. The molecule has 39 heavy (non-hydrogen) atoms. The van der Waals surface area contributed by atoms with Gasteiger partial charge in [-0.3, -0.25) is 4.44 Å². The highest BCUT2D eigenvalue weighted by atomic mass is 31.2. The van der Waals surface area contributed by atoms with Gasteiger partial charge in [-0.2, -0.15) is 0 Å². The molecule has 202 valence electrons. The van der Waals surface area contributed by atoms with Gasteiger partial charge in [-0.1, -0.05) is 148 Å². The van der Waals surface area contributed by atoms with Gasteiger partial charge in [0, 0.05) is 25.9 Å². The van der Waals surface area contributed by atoms with Crippen molar-refractivity contribution < 1.29 is 0 Å². The van der Waals surface area contributed by atoms with E-state index in [2.05, 4.69) is 133 Å². The average molecular weight is 552 g/mol. The number of benzene rings is 4. The molecule has 0 radical (unpaired) electrons. The fraction of sp³-hybridized carbons (Fsp3) is 0.333. The first-order valence-electron chi connectivity index (χ1n) is 14.8. The van der Waals surface area contributed by atoms with E-state index in [-0.39, 0.29) is 0 Å². The molecule has 0 spiro atoms. The molecular weight excluding hydrogens is 508 g/mol. The van der Waals surface area contributed by atoms with Crippen LogP contribution < -0.4 is 5.30 Å². The topological polar surface area (TPSA) is 3.24 Å². The van der Waals surface area contributed by atoms with Crippen LogP contribution in [0, 0.1) is 0 Å². The molecule has 0 saturated heterocycles. The van der Waals surface area contributed by atoms with E-state index in [4.69, 9.17) is 0 Å². The second kappa shape index (κ2) is 14.9. The molecule has 0 amide bonds. The van der Waals surface area contributed by atoms with Crippen LogP contribution in [-0.4, -0.2) is 10.5 Å². The van der Waals surface area contributed by atoms with Crippen molar-refractivity contribution in [3.8, 4) is 0 Å². The van der Waals surface area contributed by atoms with Gasteiger partial charge >= 0.3 is 0 Å². The summed E-state index contributed by atoms with van der Waals surface area (Å²) < 4.78 is 3.03. The summed E-state index contributed by atoms with van der Waals surface area (Å²) in [6, 6.07) is 45.9. The van der Waals surface area contributed by atoms with Crippen LogP contribution in [0.3, 0.4) is 0 Å². The summed E-state index contributed by atoms with van der Waals surface area (Å²) in [7, 11) is 0.334. The molecule has 0 aliphatic heterocycles. The van der Waals surface area contributed by atoms with E-state index in [0.29, 0.717) is 17.6 Å². The Balaban J connectivity index is 1.46. The summed E-state index contributed by atoms with van der Waals surface area (Å²) in [5.74, 6) is 0.574. The highest BCUT2D eigenvalue weighted by molar-refractivity contribution is 7.69. The second-order valence-corrected chi connectivity index (χ2v) is 14.9. The lowest BCUT2D eigenvalue weighted by atomic mass is 9.94. The monoisotopic (exact) mass is 551 g/mol. The van der Waals surface area contributed by atoms with Gasteiger partial charge in [0.05, 0.1) is 0 Å². The third-order valence-electron chi connectivity index (χ3n) is 8.16. The quantitative estimate of drug-likeness (QED) is 0.158. The SMILES string of the molecule is C[C@H](CC[C@@H](PN(C1CCCCC1)P(Cc1ccccc1)c1ccccc1)c1ccccc1)c1ccccc1. The zero-order valence-corrected chi connectivity index (χ0v) is 25.2. The van der Waals surface area contributed by atoms with Crippen LogP contribution in [0.1, 0.15) is 80.1 Å². The van der Waals surface area contributed by atoms with E-state index in [9.17, 15) is 0 Å². The largest absolute Gasteiger partial charge is 0.255 e. The predicted octanol–water partition coefficient (Wildman–Crippen LogP) is 10.5. The van der Waals surface area contributed by atoms with Crippen LogP contribution in [0.2, 0.25) is 0 Å². The van der Waals surface area contributed by atoms with Crippen LogP contribution in [-0.2, 0) is 6.16 Å². The minimum Gasteiger partial charge on any atom is -0.255 e. The lowest BCUT2D eigenvalue weighted by molar-refractivity contribution is 0.353. The molecule has 1 fully saturated rings. The molecular formula is C36H43NP2. The minimum absolute atomic E-state index is 0.465. The molecule has 2 unspecified atom stereocenters. The lowest BCUT2D eigenvalue weighted by Crippen LogP contribution is -2.31. The van der Waals surface area contributed by atoms with Crippen molar-refractivity contribution in [1.82, 2.24) is 4.44 Å². The Labute approximate surface area is 239 Å². The maximum Gasteiger partial charge on any atom is 0.0175 e. The summed E-state index contributed by atoms with van der Waals surface area (Å²) in [6.45, 7) is 2.41. The third-order valence-corrected chi connectivity index (χ3v) is 13.2. The summed E-state index contributed by atoms with van der Waals surface area (Å²) in [5, 5.41) is 1.53. The first-order chi connectivity index (χ1) is 19.3. The number of rotatable bonds is 12. The fourth-order valence-corrected chi connectivity index (χ4v) is 11.1. The van der Waals surface area contributed by atoms with Crippen LogP contribution in [0.15, 0.2) is 121 Å². The van der Waals surface area contributed by atoms with Gasteiger partial charge in [-0.25, -0.2) is 0 Å². The smallest absolute Gasteiger partial charge is 0.0175 e. The van der Waals surface area contributed by atoms with Crippen LogP contribution in [0.5, 0.6) is 0 Å². The van der Waals surface area contributed by atoms with E-state index in [1.54, 1.807) is 0 Å². The molecule has 0 N–H and O–H groups in total. The van der Waals surface area contributed by atoms with E-state index in [1.807, 2.05) is 0 Å².